The first-order chi connectivity index (χ1) is 11.4. The van der Waals surface area contributed by atoms with Gasteiger partial charge in [0.2, 0.25) is 0 Å². The summed E-state index contributed by atoms with van der Waals surface area (Å²) in [5.74, 6) is -0.471. The van der Waals surface area contributed by atoms with E-state index in [1.54, 1.807) is 0 Å². The van der Waals surface area contributed by atoms with Crippen LogP contribution in [0.1, 0.15) is 34.9 Å². The fourth-order valence-electron chi connectivity index (χ4n) is 2.42. The van der Waals surface area contributed by atoms with Gasteiger partial charge in [0.1, 0.15) is 10.9 Å². The summed E-state index contributed by atoms with van der Waals surface area (Å²) in [6.45, 7) is 5.85. The predicted molar refractivity (Wildman–Crippen MR) is 95.0 cm³/mol. The Bertz CT molecular complexity index is 710. The molecule has 1 unspecified atom stereocenters. The number of esters is 1. The summed E-state index contributed by atoms with van der Waals surface area (Å²) in [5, 5.41) is 3.60. The molecule has 2 aromatic rings. The van der Waals surface area contributed by atoms with E-state index in [1.807, 2.05) is 51.1 Å². The molecule has 1 amide bonds. The van der Waals surface area contributed by atoms with Crippen LogP contribution in [-0.4, -0.2) is 30.0 Å². The van der Waals surface area contributed by atoms with Gasteiger partial charge in [0, 0.05) is 5.56 Å². The number of hydrogen-bond acceptors (Lipinski definition) is 5. The van der Waals surface area contributed by atoms with Gasteiger partial charge in [-0.1, -0.05) is 44.2 Å². The number of hydrogen-bond donors (Lipinski definition) is 1. The van der Waals surface area contributed by atoms with E-state index in [-0.39, 0.29) is 11.8 Å². The van der Waals surface area contributed by atoms with E-state index in [0.29, 0.717) is 17.0 Å². The van der Waals surface area contributed by atoms with E-state index in [1.165, 1.54) is 18.4 Å². The Morgan fingerprint density at radius 3 is 2.50 bits per heavy atom. The van der Waals surface area contributed by atoms with Gasteiger partial charge in [0.25, 0.3) is 5.91 Å². The molecule has 0 radical (unpaired) electrons. The molecule has 0 aliphatic heterocycles. The van der Waals surface area contributed by atoms with Crippen molar-refractivity contribution in [1.29, 1.82) is 0 Å². The van der Waals surface area contributed by atoms with Crippen molar-refractivity contribution in [2.75, 3.05) is 7.11 Å². The number of benzene rings is 1. The highest BCUT2D eigenvalue weighted by molar-refractivity contribution is 7.14. The molecule has 0 saturated heterocycles. The molecule has 0 aliphatic rings. The lowest BCUT2D eigenvalue weighted by Crippen LogP contribution is -2.42. The number of thiazole rings is 1. The molecule has 0 bridgehead atoms. The lowest BCUT2D eigenvalue weighted by atomic mass is 10.0. The first kappa shape index (κ1) is 18.1. The Balaban J connectivity index is 2.28. The molecule has 0 aliphatic carbocycles. The lowest BCUT2D eigenvalue weighted by molar-refractivity contribution is -0.143. The minimum absolute atomic E-state index is 0.256. The predicted octanol–water partition coefficient (Wildman–Crippen LogP) is 3.44. The summed E-state index contributed by atoms with van der Waals surface area (Å²) in [5.41, 5.74) is 1.52. The zero-order valence-corrected chi connectivity index (χ0v) is 15.1. The van der Waals surface area contributed by atoms with Crippen LogP contribution < -0.4 is 5.32 Å². The number of nitrogens with one attached hydrogen (secondary N) is 1. The van der Waals surface area contributed by atoms with Crippen molar-refractivity contribution < 1.29 is 14.3 Å². The topological polar surface area (TPSA) is 68.3 Å². The molecule has 6 heteroatoms. The van der Waals surface area contributed by atoms with E-state index in [0.717, 1.165) is 10.6 Å². The fourth-order valence-corrected chi connectivity index (χ4v) is 3.27. The summed E-state index contributed by atoms with van der Waals surface area (Å²) in [7, 11) is 1.33. The number of carbonyl (C=O) groups is 2. The van der Waals surface area contributed by atoms with Gasteiger partial charge in [-0.05, 0) is 19.3 Å². The van der Waals surface area contributed by atoms with Crippen LogP contribution in [0.3, 0.4) is 0 Å². The number of amides is 1. The summed E-state index contributed by atoms with van der Waals surface area (Å²) in [6.07, 6.45) is 0.525. The summed E-state index contributed by atoms with van der Waals surface area (Å²) in [4.78, 5) is 29.6. The van der Waals surface area contributed by atoms with E-state index >= 15 is 0 Å². The first-order valence-electron chi connectivity index (χ1n) is 7.84. The highest BCUT2D eigenvalue weighted by Crippen LogP contribution is 2.28. The van der Waals surface area contributed by atoms with Gasteiger partial charge in [0.05, 0.1) is 17.8 Å². The van der Waals surface area contributed by atoms with Crippen molar-refractivity contribution >= 4 is 23.2 Å². The molecule has 5 nitrogen and oxygen atoms in total. The quantitative estimate of drug-likeness (QED) is 0.814. The Morgan fingerprint density at radius 2 is 1.92 bits per heavy atom. The zero-order chi connectivity index (χ0) is 17.7. The van der Waals surface area contributed by atoms with Crippen LogP contribution in [0.5, 0.6) is 0 Å². The van der Waals surface area contributed by atoms with Crippen LogP contribution in [0.2, 0.25) is 0 Å². The van der Waals surface area contributed by atoms with Gasteiger partial charge >= 0.3 is 5.97 Å². The number of methoxy groups -OCH3 is 1. The molecule has 24 heavy (non-hydrogen) atoms. The van der Waals surface area contributed by atoms with Gasteiger partial charge in [-0.15, -0.1) is 11.3 Å². The lowest BCUT2D eigenvalue weighted by Gasteiger charge is -2.18. The van der Waals surface area contributed by atoms with Crippen LogP contribution in [0.25, 0.3) is 11.3 Å². The molecule has 0 spiro atoms. The molecule has 1 heterocycles. The van der Waals surface area contributed by atoms with Gasteiger partial charge in [0.15, 0.2) is 0 Å². The second-order valence-electron chi connectivity index (χ2n) is 5.96. The highest BCUT2D eigenvalue weighted by Gasteiger charge is 2.26. The molecule has 0 saturated carbocycles. The Morgan fingerprint density at radius 1 is 1.25 bits per heavy atom. The molecule has 128 valence electrons. The van der Waals surface area contributed by atoms with Crippen molar-refractivity contribution in [2.24, 2.45) is 5.92 Å². The monoisotopic (exact) mass is 346 g/mol. The van der Waals surface area contributed by atoms with Crippen LogP contribution in [0.15, 0.2) is 30.3 Å². The number of rotatable bonds is 6. The van der Waals surface area contributed by atoms with Gasteiger partial charge in [-0.2, -0.15) is 0 Å². The highest BCUT2D eigenvalue weighted by atomic mass is 32.1. The summed E-state index contributed by atoms with van der Waals surface area (Å²) in [6, 6.07) is 8.89. The number of ether oxygens (including phenoxy) is 1. The van der Waals surface area contributed by atoms with Crippen LogP contribution >= 0.6 is 11.3 Å². The SMILES string of the molecule is COC(=O)C(CC(C)C)NC(=O)c1sc(C)nc1-c1ccccc1. The van der Waals surface area contributed by atoms with Crippen LogP contribution in [0, 0.1) is 12.8 Å². The molecule has 2 rings (SSSR count). The van der Waals surface area contributed by atoms with Crippen molar-refractivity contribution in [1.82, 2.24) is 10.3 Å². The average Bonchev–Trinajstić information content (AvgIpc) is 2.96. The maximum atomic E-state index is 12.7. The van der Waals surface area contributed by atoms with Crippen molar-refractivity contribution in [3.05, 3.63) is 40.2 Å². The number of aryl methyl sites for hydroxylation is 1. The van der Waals surface area contributed by atoms with Crippen LogP contribution in [-0.2, 0) is 9.53 Å². The second-order valence-corrected chi connectivity index (χ2v) is 7.16. The van der Waals surface area contributed by atoms with E-state index in [2.05, 4.69) is 10.3 Å². The van der Waals surface area contributed by atoms with Gasteiger partial charge in [-0.25, -0.2) is 9.78 Å². The van der Waals surface area contributed by atoms with E-state index in [4.69, 9.17) is 4.74 Å². The fraction of sp³-hybridized carbons (Fsp3) is 0.389. The maximum Gasteiger partial charge on any atom is 0.328 e. The third kappa shape index (κ3) is 4.41. The van der Waals surface area contributed by atoms with Crippen molar-refractivity contribution in [2.45, 2.75) is 33.2 Å². The molecular weight excluding hydrogens is 324 g/mol. The first-order valence-corrected chi connectivity index (χ1v) is 8.65. The number of nitrogens with zero attached hydrogens (tertiary/aromatic N) is 1. The average molecular weight is 346 g/mol. The minimum Gasteiger partial charge on any atom is -0.467 e. The third-order valence-corrected chi connectivity index (χ3v) is 4.46. The smallest absolute Gasteiger partial charge is 0.328 e. The normalized spacial score (nSPS) is 12.0. The molecule has 1 N–H and O–H groups in total. The number of aromatic nitrogens is 1. The molecular formula is C18H22N2O3S. The zero-order valence-electron chi connectivity index (χ0n) is 14.3. The van der Waals surface area contributed by atoms with E-state index < -0.39 is 12.0 Å². The third-order valence-electron chi connectivity index (χ3n) is 3.49. The Labute approximate surface area is 146 Å². The Kier molecular flexibility index (Phi) is 6.09. The van der Waals surface area contributed by atoms with E-state index in [9.17, 15) is 9.59 Å². The molecule has 1 aromatic heterocycles. The standard InChI is InChI=1S/C18H22N2O3S/c1-11(2)10-14(18(22)23-4)20-17(21)16-15(19-12(3)24-16)13-8-6-5-7-9-13/h5-9,11,14H,10H2,1-4H3,(H,20,21). The minimum atomic E-state index is -0.659. The summed E-state index contributed by atoms with van der Waals surface area (Å²) >= 11 is 1.32. The van der Waals surface area contributed by atoms with Crippen molar-refractivity contribution in [3.63, 3.8) is 0 Å². The van der Waals surface area contributed by atoms with Crippen LogP contribution in [0.4, 0.5) is 0 Å². The van der Waals surface area contributed by atoms with Crippen molar-refractivity contribution in [3.8, 4) is 11.3 Å². The van der Waals surface area contributed by atoms with Gasteiger partial charge < -0.3 is 10.1 Å². The Hall–Kier alpha value is -2.21. The van der Waals surface area contributed by atoms with Gasteiger partial charge in [-0.3, -0.25) is 4.79 Å². The number of carbonyl (C=O) groups excluding carboxylic acids is 2. The molecule has 1 atom stereocenters. The maximum absolute atomic E-state index is 12.7. The largest absolute Gasteiger partial charge is 0.467 e. The molecule has 0 fully saturated rings. The molecule has 1 aromatic carbocycles. The summed E-state index contributed by atoms with van der Waals surface area (Å²) < 4.78 is 4.80. The second kappa shape index (κ2) is 8.06.